The van der Waals surface area contributed by atoms with E-state index in [1.807, 2.05) is 0 Å². The number of hydrogen-bond donors (Lipinski definition) is 2. The number of aliphatic hydroxyl groups is 1. The van der Waals surface area contributed by atoms with Crippen molar-refractivity contribution in [2.75, 3.05) is 33.4 Å². The first-order valence-electron chi connectivity index (χ1n) is 10.5. The molecule has 9 nitrogen and oxygen atoms in total. The molecule has 0 bridgehead atoms. The molecule has 0 aliphatic carbocycles. The van der Waals surface area contributed by atoms with E-state index < -0.39 is 22.2 Å². The first-order chi connectivity index (χ1) is 16.2. The van der Waals surface area contributed by atoms with E-state index >= 15 is 0 Å². The number of sulfonamides is 1. The molecule has 184 valence electrons. The fourth-order valence-corrected chi connectivity index (χ4v) is 4.93. The lowest BCUT2D eigenvalue weighted by molar-refractivity contribution is -0.144. The number of primary amides is 1. The zero-order valence-electron chi connectivity index (χ0n) is 18.6. The number of nitrogens with two attached hydrogens (primary N) is 1. The van der Waals surface area contributed by atoms with Gasteiger partial charge in [-0.15, -0.1) is 0 Å². The Morgan fingerprint density at radius 2 is 1.85 bits per heavy atom. The van der Waals surface area contributed by atoms with Crippen LogP contribution in [0.5, 0.6) is 5.75 Å². The van der Waals surface area contributed by atoms with Gasteiger partial charge in [-0.2, -0.15) is 4.31 Å². The summed E-state index contributed by atoms with van der Waals surface area (Å²) in [6.45, 7) is -0.641. The normalized spacial score (nSPS) is 18.3. The van der Waals surface area contributed by atoms with Crippen molar-refractivity contribution < 1.29 is 36.9 Å². The summed E-state index contributed by atoms with van der Waals surface area (Å²) in [6, 6.07) is 11.7. The van der Waals surface area contributed by atoms with E-state index in [0.29, 0.717) is 12.2 Å². The molecule has 0 radical (unpaired) electrons. The lowest BCUT2D eigenvalue weighted by Crippen LogP contribution is -2.38. The van der Waals surface area contributed by atoms with Gasteiger partial charge in [0.15, 0.2) is 5.76 Å². The topological polar surface area (TPSA) is 128 Å². The minimum Gasteiger partial charge on any atom is -0.497 e. The molecule has 3 rings (SSSR count). The SMILES string of the molecule is COc1ccc(S(=O)(=O)N(CCO)CCO[C@H]2C[C@@H](c3ccc(F)cc3)C=C(C(N)=O)O2)cc1. The van der Waals surface area contributed by atoms with E-state index in [1.54, 1.807) is 18.2 Å². The van der Waals surface area contributed by atoms with Crippen molar-refractivity contribution in [3.8, 4) is 5.75 Å². The van der Waals surface area contributed by atoms with E-state index in [0.717, 1.165) is 9.87 Å². The molecule has 0 saturated carbocycles. The third kappa shape index (κ3) is 6.32. The summed E-state index contributed by atoms with van der Waals surface area (Å²) < 4.78 is 56.7. The van der Waals surface area contributed by atoms with E-state index in [4.69, 9.17) is 19.9 Å². The van der Waals surface area contributed by atoms with E-state index in [2.05, 4.69) is 0 Å². The van der Waals surface area contributed by atoms with Gasteiger partial charge in [-0.05, 0) is 48.0 Å². The Kier molecular flexibility index (Phi) is 8.61. The highest BCUT2D eigenvalue weighted by Crippen LogP contribution is 2.31. The molecule has 34 heavy (non-hydrogen) atoms. The van der Waals surface area contributed by atoms with Crippen LogP contribution in [0.25, 0.3) is 0 Å². The Morgan fingerprint density at radius 1 is 1.18 bits per heavy atom. The molecule has 1 amide bonds. The average Bonchev–Trinajstić information content (AvgIpc) is 2.83. The number of carbonyl (C=O) groups excluding carboxylic acids is 1. The van der Waals surface area contributed by atoms with Crippen LogP contribution in [-0.4, -0.2) is 63.4 Å². The lowest BCUT2D eigenvalue weighted by atomic mass is 9.93. The fourth-order valence-electron chi connectivity index (χ4n) is 3.52. The Balaban J connectivity index is 1.67. The summed E-state index contributed by atoms with van der Waals surface area (Å²) in [5.41, 5.74) is 6.13. The third-order valence-electron chi connectivity index (χ3n) is 5.29. The lowest BCUT2D eigenvalue weighted by Gasteiger charge is -2.29. The second-order valence-corrected chi connectivity index (χ2v) is 9.45. The quantitative estimate of drug-likeness (QED) is 0.487. The number of benzene rings is 2. The van der Waals surface area contributed by atoms with Gasteiger partial charge >= 0.3 is 0 Å². The molecule has 0 aromatic heterocycles. The molecular formula is C23H27FN2O7S. The minimum atomic E-state index is -3.90. The molecule has 2 atom stereocenters. The van der Waals surface area contributed by atoms with Crippen LogP contribution in [-0.2, 0) is 24.3 Å². The van der Waals surface area contributed by atoms with Crippen molar-refractivity contribution in [3.63, 3.8) is 0 Å². The second kappa shape index (κ2) is 11.4. The van der Waals surface area contributed by atoms with Gasteiger partial charge in [-0.1, -0.05) is 12.1 Å². The zero-order chi connectivity index (χ0) is 24.7. The van der Waals surface area contributed by atoms with Crippen molar-refractivity contribution >= 4 is 15.9 Å². The number of carbonyl (C=O) groups is 1. The van der Waals surface area contributed by atoms with Gasteiger partial charge in [0.1, 0.15) is 11.6 Å². The van der Waals surface area contributed by atoms with Gasteiger partial charge in [0.2, 0.25) is 16.3 Å². The van der Waals surface area contributed by atoms with Gasteiger partial charge in [-0.25, -0.2) is 12.8 Å². The van der Waals surface area contributed by atoms with Gasteiger partial charge in [0.25, 0.3) is 5.91 Å². The smallest absolute Gasteiger partial charge is 0.283 e. The van der Waals surface area contributed by atoms with Crippen LogP contribution in [0.4, 0.5) is 4.39 Å². The predicted molar refractivity (Wildman–Crippen MR) is 121 cm³/mol. The van der Waals surface area contributed by atoms with Gasteiger partial charge in [0.05, 0.1) is 25.2 Å². The third-order valence-corrected chi connectivity index (χ3v) is 7.20. The molecule has 0 spiro atoms. The average molecular weight is 495 g/mol. The van der Waals surface area contributed by atoms with Gasteiger partial charge in [0, 0.05) is 25.4 Å². The summed E-state index contributed by atoms with van der Waals surface area (Å²) in [6.07, 6.45) is 0.997. The minimum absolute atomic E-state index is 0.0472. The Bertz CT molecular complexity index is 1110. The van der Waals surface area contributed by atoms with Crippen LogP contribution >= 0.6 is 0 Å². The number of ether oxygens (including phenoxy) is 3. The molecule has 0 unspecified atom stereocenters. The van der Waals surface area contributed by atoms with Crippen LogP contribution in [0, 0.1) is 5.82 Å². The van der Waals surface area contributed by atoms with Crippen molar-refractivity contribution in [2.24, 2.45) is 5.73 Å². The maximum Gasteiger partial charge on any atom is 0.283 e. The molecule has 3 N–H and O–H groups in total. The van der Waals surface area contributed by atoms with Crippen molar-refractivity contribution in [1.82, 2.24) is 4.31 Å². The van der Waals surface area contributed by atoms with Gasteiger partial charge in [-0.3, -0.25) is 4.79 Å². The summed E-state index contributed by atoms with van der Waals surface area (Å²) in [5, 5.41) is 9.38. The van der Waals surface area contributed by atoms with E-state index in [1.165, 1.54) is 43.5 Å². The van der Waals surface area contributed by atoms with Crippen molar-refractivity contribution in [3.05, 3.63) is 71.7 Å². The van der Waals surface area contributed by atoms with Crippen LogP contribution in [0.1, 0.15) is 17.9 Å². The monoisotopic (exact) mass is 494 g/mol. The number of rotatable bonds is 11. The Morgan fingerprint density at radius 3 is 2.44 bits per heavy atom. The molecule has 1 aliphatic rings. The fraction of sp³-hybridized carbons (Fsp3) is 0.348. The van der Waals surface area contributed by atoms with Crippen LogP contribution in [0.15, 0.2) is 65.3 Å². The molecular weight excluding hydrogens is 467 g/mol. The molecule has 0 fully saturated rings. The summed E-state index contributed by atoms with van der Waals surface area (Å²) in [5.74, 6) is -1.03. The summed E-state index contributed by atoms with van der Waals surface area (Å²) in [7, 11) is -2.42. The maximum atomic E-state index is 13.3. The predicted octanol–water partition coefficient (Wildman–Crippen LogP) is 1.73. The molecule has 0 saturated heterocycles. The number of methoxy groups -OCH3 is 1. The zero-order valence-corrected chi connectivity index (χ0v) is 19.4. The first-order valence-corrected chi connectivity index (χ1v) is 12.0. The number of amides is 1. The van der Waals surface area contributed by atoms with Crippen LogP contribution < -0.4 is 10.5 Å². The largest absolute Gasteiger partial charge is 0.497 e. The Labute approximate surface area is 197 Å². The van der Waals surface area contributed by atoms with Gasteiger partial charge < -0.3 is 25.1 Å². The van der Waals surface area contributed by atoms with Crippen molar-refractivity contribution in [1.29, 1.82) is 0 Å². The van der Waals surface area contributed by atoms with Crippen molar-refractivity contribution in [2.45, 2.75) is 23.5 Å². The molecule has 2 aromatic rings. The number of halogens is 1. The summed E-state index contributed by atoms with van der Waals surface area (Å²) >= 11 is 0. The number of allylic oxidation sites excluding steroid dienone is 1. The number of nitrogens with zero attached hydrogens (tertiary/aromatic N) is 1. The van der Waals surface area contributed by atoms with Crippen LogP contribution in [0.2, 0.25) is 0 Å². The molecule has 2 aromatic carbocycles. The summed E-state index contributed by atoms with van der Waals surface area (Å²) in [4.78, 5) is 11.8. The first kappa shape index (κ1) is 25.6. The van der Waals surface area contributed by atoms with E-state index in [-0.39, 0.29) is 48.7 Å². The highest BCUT2D eigenvalue weighted by atomic mass is 32.2. The maximum absolute atomic E-state index is 13.3. The highest BCUT2D eigenvalue weighted by molar-refractivity contribution is 7.89. The second-order valence-electron chi connectivity index (χ2n) is 7.51. The van der Waals surface area contributed by atoms with E-state index in [9.17, 15) is 22.7 Å². The molecule has 11 heteroatoms. The number of hydrogen-bond acceptors (Lipinski definition) is 7. The highest BCUT2D eigenvalue weighted by Gasteiger charge is 2.29. The number of aliphatic hydroxyl groups excluding tert-OH is 1. The molecule has 1 aliphatic heterocycles. The standard InChI is InChI=1S/C23H27FN2O7S/c1-31-19-6-8-20(9-7-19)34(29,30)26(10-12-27)11-13-32-22-15-17(14-21(33-22)23(25)28)16-2-4-18(24)5-3-16/h2-9,14,17,22,27H,10-13,15H2,1H3,(H2,25,28)/t17-,22+/m0/s1. The Hall–Kier alpha value is -2.99. The molecule has 1 heterocycles. The van der Waals surface area contributed by atoms with Crippen LogP contribution in [0.3, 0.4) is 0 Å².